The molecule has 2 aromatic carbocycles. The molecule has 0 atom stereocenters. The van der Waals surface area contributed by atoms with Crippen LogP contribution >= 0.6 is 15.9 Å². The fraction of sp³-hybridized carbons (Fsp3) is 0.360. The Kier molecular flexibility index (Phi) is 6.80. The molecule has 0 N–H and O–H groups in total. The third-order valence-electron chi connectivity index (χ3n) is 6.97. The average Bonchev–Trinajstić information content (AvgIpc) is 2.88. The number of carbonyl (C=O) groups excluding carboxylic acids is 1. The number of hydrogen-bond acceptors (Lipinski definition) is 6. The second-order valence-corrected chi connectivity index (χ2v) is 11.9. The lowest BCUT2D eigenvalue weighted by Gasteiger charge is -2.44. The van der Waals surface area contributed by atoms with Crippen molar-refractivity contribution in [3.63, 3.8) is 0 Å². The topological polar surface area (TPSA) is 77.1 Å². The standard InChI is InChI=1S/C25H28BrN5O3S/c1-28(22-8-12-29(13-9-22)23-6-10-27-11-7-23)31-15-14-30(18-25(31)32)35(33,34)24-5-3-19-16-21(26)4-2-20(19)17-24/h2-7,10-11,16-17,22H,8-9,12-15,18H2,1H3. The van der Waals surface area contributed by atoms with Gasteiger partial charge in [-0.05, 0) is 60.0 Å². The fourth-order valence-electron chi connectivity index (χ4n) is 4.94. The Labute approximate surface area is 214 Å². The number of halogens is 1. The second-order valence-electron chi connectivity index (χ2n) is 9.01. The third-order valence-corrected chi connectivity index (χ3v) is 9.31. The number of anilines is 1. The number of aromatic nitrogens is 1. The quantitative estimate of drug-likeness (QED) is 0.478. The summed E-state index contributed by atoms with van der Waals surface area (Å²) in [4.78, 5) is 19.7. The normalized spacial score (nSPS) is 18.5. The molecule has 1 aromatic heterocycles. The molecule has 10 heteroatoms. The highest BCUT2D eigenvalue weighted by Crippen LogP contribution is 2.27. The van der Waals surface area contributed by atoms with Crippen molar-refractivity contribution in [2.45, 2.75) is 23.8 Å². The molecule has 0 aliphatic carbocycles. The first-order chi connectivity index (χ1) is 16.8. The molecule has 2 fully saturated rings. The lowest BCUT2D eigenvalue weighted by molar-refractivity contribution is -0.156. The molecule has 1 amide bonds. The molecule has 35 heavy (non-hydrogen) atoms. The zero-order valence-electron chi connectivity index (χ0n) is 19.5. The van der Waals surface area contributed by atoms with Gasteiger partial charge >= 0.3 is 0 Å². The second kappa shape index (κ2) is 9.85. The van der Waals surface area contributed by atoms with Crippen LogP contribution in [0.1, 0.15) is 12.8 Å². The summed E-state index contributed by atoms with van der Waals surface area (Å²) in [5, 5.41) is 5.54. The largest absolute Gasteiger partial charge is 0.371 e. The van der Waals surface area contributed by atoms with Gasteiger partial charge in [0.15, 0.2) is 0 Å². The van der Waals surface area contributed by atoms with Crippen molar-refractivity contribution in [2.24, 2.45) is 0 Å². The van der Waals surface area contributed by atoms with E-state index in [1.165, 1.54) is 4.31 Å². The predicted octanol–water partition coefficient (Wildman–Crippen LogP) is 3.35. The maximum Gasteiger partial charge on any atom is 0.252 e. The minimum Gasteiger partial charge on any atom is -0.371 e. The smallest absolute Gasteiger partial charge is 0.252 e. The number of hydrogen-bond donors (Lipinski definition) is 0. The molecule has 0 bridgehead atoms. The van der Waals surface area contributed by atoms with Crippen LogP contribution in [0.15, 0.2) is 70.3 Å². The Bertz CT molecular complexity index is 1330. The first kappa shape index (κ1) is 24.2. The monoisotopic (exact) mass is 557 g/mol. The number of nitrogens with zero attached hydrogens (tertiary/aromatic N) is 5. The summed E-state index contributed by atoms with van der Waals surface area (Å²) in [6, 6.07) is 15.1. The molecule has 8 nitrogen and oxygen atoms in total. The van der Waals surface area contributed by atoms with E-state index in [2.05, 4.69) is 25.8 Å². The summed E-state index contributed by atoms with van der Waals surface area (Å²) in [6.07, 6.45) is 5.46. The molecule has 3 heterocycles. The fourth-order valence-corrected chi connectivity index (χ4v) is 6.73. The van der Waals surface area contributed by atoms with Gasteiger partial charge in [-0.2, -0.15) is 4.31 Å². The number of benzene rings is 2. The summed E-state index contributed by atoms with van der Waals surface area (Å²) in [5.74, 6) is -0.191. The van der Waals surface area contributed by atoms with Crippen LogP contribution in [0.25, 0.3) is 10.8 Å². The van der Waals surface area contributed by atoms with Crippen molar-refractivity contribution in [3.05, 3.63) is 65.4 Å². The molecular weight excluding hydrogens is 530 g/mol. The molecule has 0 saturated carbocycles. The van der Waals surface area contributed by atoms with Gasteiger partial charge in [0.1, 0.15) is 0 Å². The Balaban J connectivity index is 1.23. The molecule has 2 aliphatic heterocycles. The minimum atomic E-state index is -3.76. The summed E-state index contributed by atoms with van der Waals surface area (Å²) >= 11 is 3.44. The van der Waals surface area contributed by atoms with Gasteiger partial charge in [-0.1, -0.05) is 28.1 Å². The first-order valence-corrected chi connectivity index (χ1v) is 13.9. The molecule has 2 aliphatic rings. The molecule has 0 spiro atoms. The average molecular weight is 559 g/mol. The van der Waals surface area contributed by atoms with Gasteiger partial charge in [0, 0.05) is 55.3 Å². The van der Waals surface area contributed by atoms with E-state index in [0.29, 0.717) is 6.54 Å². The van der Waals surface area contributed by atoms with Crippen molar-refractivity contribution in [2.75, 3.05) is 44.7 Å². The molecule has 3 aromatic rings. The van der Waals surface area contributed by atoms with Gasteiger partial charge in [0.25, 0.3) is 5.91 Å². The third kappa shape index (κ3) is 4.93. The van der Waals surface area contributed by atoms with Gasteiger partial charge in [-0.25, -0.2) is 13.4 Å². The summed E-state index contributed by atoms with van der Waals surface area (Å²) < 4.78 is 28.9. The molecular formula is C25H28BrN5O3S. The van der Waals surface area contributed by atoms with Crippen LogP contribution in [0.3, 0.4) is 0 Å². The molecule has 0 unspecified atom stereocenters. The molecule has 2 saturated heterocycles. The van der Waals surface area contributed by atoms with Gasteiger partial charge in [0.05, 0.1) is 18.0 Å². The Morgan fingerprint density at radius 1 is 0.943 bits per heavy atom. The van der Waals surface area contributed by atoms with Crippen LogP contribution in [-0.2, 0) is 14.8 Å². The van der Waals surface area contributed by atoms with Crippen molar-refractivity contribution < 1.29 is 13.2 Å². The first-order valence-electron chi connectivity index (χ1n) is 11.7. The highest BCUT2D eigenvalue weighted by atomic mass is 79.9. The number of rotatable bonds is 5. The summed E-state index contributed by atoms with van der Waals surface area (Å²) in [7, 11) is -1.82. The van der Waals surface area contributed by atoms with Crippen LogP contribution in [0.2, 0.25) is 0 Å². The lowest BCUT2D eigenvalue weighted by Crippen LogP contribution is -2.60. The zero-order chi connectivity index (χ0) is 24.6. The number of piperidine rings is 1. The number of fused-ring (bicyclic) bond motifs is 1. The minimum absolute atomic E-state index is 0.152. The number of sulfonamides is 1. The van der Waals surface area contributed by atoms with E-state index < -0.39 is 10.0 Å². The maximum atomic E-state index is 13.3. The van der Waals surface area contributed by atoms with Crippen molar-refractivity contribution in [3.8, 4) is 0 Å². The highest BCUT2D eigenvalue weighted by Gasteiger charge is 2.36. The SMILES string of the molecule is CN(C1CCN(c2ccncc2)CC1)N1CCN(S(=O)(=O)c2ccc3cc(Br)ccc3c2)CC1=O. The Morgan fingerprint density at radius 2 is 1.63 bits per heavy atom. The van der Waals surface area contributed by atoms with Crippen LogP contribution in [0, 0.1) is 0 Å². The molecule has 0 radical (unpaired) electrons. The van der Waals surface area contributed by atoms with E-state index in [1.54, 1.807) is 35.6 Å². The van der Waals surface area contributed by atoms with Crippen molar-refractivity contribution >= 4 is 48.3 Å². The number of carbonyl (C=O) groups is 1. The summed E-state index contributed by atoms with van der Waals surface area (Å²) in [5.41, 5.74) is 1.16. The Morgan fingerprint density at radius 3 is 2.34 bits per heavy atom. The van der Waals surface area contributed by atoms with Crippen LogP contribution in [0.5, 0.6) is 0 Å². The van der Waals surface area contributed by atoms with Crippen molar-refractivity contribution in [1.29, 1.82) is 0 Å². The lowest BCUT2D eigenvalue weighted by atomic mass is 10.0. The summed E-state index contributed by atoms with van der Waals surface area (Å²) in [6.45, 7) is 2.27. The van der Waals surface area contributed by atoms with Crippen LogP contribution in [0.4, 0.5) is 5.69 Å². The van der Waals surface area contributed by atoms with E-state index in [-0.39, 0.29) is 29.9 Å². The van der Waals surface area contributed by atoms with E-state index in [0.717, 1.165) is 46.9 Å². The number of pyridine rings is 1. The number of amides is 1. The van der Waals surface area contributed by atoms with Gasteiger partial charge in [0.2, 0.25) is 10.0 Å². The highest BCUT2D eigenvalue weighted by molar-refractivity contribution is 9.10. The van der Waals surface area contributed by atoms with Gasteiger partial charge in [-0.15, -0.1) is 0 Å². The van der Waals surface area contributed by atoms with E-state index in [1.807, 2.05) is 42.4 Å². The molecule has 184 valence electrons. The Hall–Kier alpha value is -2.53. The van der Waals surface area contributed by atoms with Crippen LogP contribution in [-0.4, -0.2) is 79.4 Å². The van der Waals surface area contributed by atoms with Crippen molar-refractivity contribution in [1.82, 2.24) is 19.3 Å². The van der Waals surface area contributed by atoms with Gasteiger partial charge < -0.3 is 4.90 Å². The van der Waals surface area contributed by atoms with E-state index >= 15 is 0 Å². The van der Waals surface area contributed by atoms with E-state index in [9.17, 15) is 13.2 Å². The van der Waals surface area contributed by atoms with Gasteiger partial charge in [-0.3, -0.25) is 14.8 Å². The zero-order valence-corrected chi connectivity index (χ0v) is 22.0. The van der Waals surface area contributed by atoms with Crippen LogP contribution < -0.4 is 4.90 Å². The predicted molar refractivity (Wildman–Crippen MR) is 139 cm³/mol. The molecule has 5 rings (SSSR count). The van der Waals surface area contributed by atoms with E-state index in [4.69, 9.17) is 0 Å². The maximum absolute atomic E-state index is 13.3. The number of hydrazine groups is 1. The number of piperazine rings is 1.